The Morgan fingerprint density at radius 3 is 2.40 bits per heavy atom. The van der Waals surface area contributed by atoms with E-state index < -0.39 is 5.60 Å². The van der Waals surface area contributed by atoms with Crippen molar-refractivity contribution in [1.82, 2.24) is 0 Å². The molecule has 106 valence electrons. The van der Waals surface area contributed by atoms with Gasteiger partial charge in [0, 0.05) is 5.56 Å². The number of halogens is 1. The van der Waals surface area contributed by atoms with Crippen LogP contribution in [-0.4, -0.2) is 11.7 Å². The summed E-state index contributed by atoms with van der Waals surface area (Å²) in [5.41, 5.74) is 0.0874. The third-order valence-electron chi connectivity index (χ3n) is 3.28. The van der Waals surface area contributed by atoms with Crippen LogP contribution < -0.4 is 4.74 Å². The summed E-state index contributed by atoms with van der Waals surface area (Å²) in [6.45, 7) is 4.31. The van der Waals surface area contributed by atoms with Gasteiger partial charge >= 0.3 is 0 Å². The number of benzene rings is 2. The van der Waals surface area contributed by atoms with Gasteiger partial charge in [0.2, 0.25) is 0 Å². The van der Waals surface area contributed by atoms with Gasteiger partial charge in [-0.1, -0.05) is 37.3 Å². The van der Waals surface area contributed by atoms with Gasteiger partial charge in [-0.25, -0.2) is 4.39 Å². The van der Waals surface area contributed by atoms with Crippen molar-refractivity contribution >= 4 is 0 Å². The van der Waals surface area contributed by atoms with Gasteiger partial charge < -0.3 is 9.84 Å². The molecule has 0 aliphatic carbocycles. The summed E-state index contributed by atoms with van der Waals surface area (Å²) in [6.07, 6.45) is 0.896. The largest absolute Gasteiger partial charge is 0.493 e. The smallest absolute Gasteiger partial charge is 0.125 e. The van der Waals surface area contributed by atoms with E-state index in [1.165, 1.54) is 12.1 Å². The second-order valence-corrected chi connectivity index (χ2v) is 4.92. The molecule has 0 amide bonds. The maximum absolute atomic E-state index is 13.0. The molecular formula is C17H19FO2. The zero-order valence-corrected chi connectivity index (χ0v) is 11.8. The van der Waals surface area contributed by atoms with E-state index in [1.54, 1.807) is 19.1 Å². The van der Waals surface area contributed by atoms with Gasteiger partial charge in [0.05, 0.1) is 6.61 Å². The highest BCUT2D eigenvalue weighted by molar-refractivity contribution is 5.44. The van der Waals surface area contributed by atoms with Crippen LogP contribution in [0.5, 0.6) is 5.75 Å². The van der Waals surface area contributed by atoms with E-state index >= 15 is 0 Å². The van der Waals surface area contributed by atoms with Crippen LogP contribution in [0.3, 0.4) is 0 Å². The van der Waals surface area contributed by atoms with Crippen LogP contribution >= 0.6 is 0 Å². The average Bonchev–Trinajstić information content (AvgIpc) is 2.46. The van der Waals surface area contributed by atoms with E-state index in [0.29, 0.717) is 23.5 Å². The second-order valence-electron chi connectivity index (χ2n) is 4.92. The maximum Gasteiger partial charge on any atom is 0.125 e. The lowest BCUT2D eigenvalue weighted by Gasteiger charge is -2.26. The Labute approximate surface area is 118 Å². The number of aliphatic hydroxyl groups is 1. The van der Waals surface area contributed by atoms with E-state index in [0.717, 1.165) is 6.42 Å². The predicted octanol–water partition coefficient (Wildman–Crippen LogP) is 3.87. The normalized spacial score (nSPS) is 13.8. The second kappa shape index (κ2) is 6.06. The molecule has 2 aromatic rings. The Hall–Kier alpha value is -1.87. The molecule has 0 saturated heterocycles. The van der Waals surface area contributed by atoms with Gasteiger partial charge in [0.15, 0.2) is 0 Å². The molecule has 0 saturated carbocycles. The number of para-hydroxylation sites is 1. The summed E-state index contributed by atoms with van der Waals surface area (Å²) in [5.74, 6) is 0.337. The van der Waals surface area contributed by atoms with Gasteiger partial charge in [-0.05, 0) is 37.1 Å². The van der Waals surface area contributed by atoms with Crippen molar-refractivity contribution in [3.05, 3.63) is 65.5 Å². The van der Waals surface area contributed by atoms with Crippen LogP contribution in [0.4, 0.5) is 4.39 Å². The molecule has 2 aromatic carbocycles. The summed E-state index contributed by atoms with van der Waals surface area (Å²) in [7, 11) is 0. The summed E-state index contributed by atoms with van der Waals surface area (Å²) in [5, 5.41) is 10.8. The quantitative estimate of drug-likeness (QED) is 0.896. The maximum atomic E-state index is 13.0. The van der Waals surface area contributed by atoms with Gasteiger partial charge in [0.1, 0.15) is 17.2 Å². The van der Waals surface area contributed by atoms with Crippen LogP contribution in [0, 0.1) is 5.82 Å². The predicted molar refractivity (Wildman–Crippen MR) is 77.3 cm³/mol. The average molecular weight is 274 g/mol. The molecule has 0 aliphatic rings. The minimum absolute atomic E-state index is 0.319. The fourth-order valence-electron chi connectivity index (χ4n) is 2.14. The first-order valence-corrected chi connectivity index (χ1v) is 6.76. The number of hydrogen-bond acceptors (Lipinski definition) is 2. The molecule has 2 rings (SSSR count). The molecule has 0 radical (unpaired) electrons. The fraction of sp³-hybridized carbons (Fsp3) is 0.294. The summed E-state index contributed by atoms with van der Waals surface area (Å²) < 4.78 is 18.7. The monoisotopic (exact) mass is 274 g/mol. The van der Waals surface area contributed by atoms with Crippen LogP contribution in [-0.2, 0) is 5.60 Å². The van der Waals surface area contributed by atoms with Crippen molar-refractivity contribution in [1.29, 1.82) is 0 Å². The zero-order valence-electron chi connectivity index (χ0n) is 11.8. The first kappa shape index (κ1) is 14.5. The van der Waals surface area contributed by atoms with E-state index in [2.05, 4.69) is 0 Å². The van der Waals surface area contributed by atoms with E-state index in [-0.39, 0.29) is 5.82 Å². The Balaban J connectivity index is 2.40. The Morgan fingerprint density at radius 2 is 1.75 bits per heavy atom. The first-order chi connectivity index (χ1) is 9.55. The lowest BCUT2D eigenvalue weighted by atomic mass is 9.87. The third kappa shape index (κ3) is 2.99. The summed E-state index contributed by atoms with van der Waals surface area (Å²) in [4.78, 5) is 0. The summed E-state index contributed by atoms with van der Waals surface area (Å²) >= 11 is 0. The fourth-order valence-corrected chi connectivity index (χ4v) is 2.14. The van der Waals surface area contributed by atoms with E-state index in [1.807, 2.05) is 31.2 Å². The van der Waals surface area contributed by atoms with Crippen molar-refractivity contribution in [2.45, 2.75) is 25.9 Å². The van der Waals surface area contributed by atoms with Crippen LogP contribution in [0.15, 0.2) is 48.5 Å². The molecule has 3 heteroatoms. The lowest BCUT2D eigenvalue weighted by molar-refractivity contribution is 0.0977. The Kier molecular flexibility index (Phi) is 4.40. The minimum Gasteiger partial charge on any atom is -0.493 e. The third-order valence-corrected chi connectivity index (χ3v) is 3.28. The van der Waals surface area contributed by atoms with E-state index in [9.17, 15) is 9.50 Å². The zero-order chi connectivity index (χ0) is 14.6. The van der Waals surface area contributed by atoms with Crippen molar-refractivity contribution in [2.75, 3.05) is 6.61 Å². The molecule has 1 atom stereocenters. The SMILES string of the molecule is CCCOc1ccccc1C(C)(O)c1ccc(F)cc1. The van der Waals surface area contributed by atoms with E-state index in [4.69, 9.17) is 4.74 Å². The number of ether oxygens (including phenoxy) is 1. The molecule has 0 bridgehead atoms. The Morgan fingerprint density at radius 1 is 1.10 bits per heavy atom. The number of hydrogen-bond donors (Lipinski definition) is 1. The van der Waals surface area contributed by atoms with Crippen LogP contribution in [0.1, 0.15) is 31.4 Å². The minimum atomic E-state index is -1.22. The van der Waals surface area contributed by atoms with Crippen molar-refractivity contribution in [3.63, 3.8) is 0 Å². The molecule has 1 unspecified atom stereocenters. The molecule has 0 aliphatic heterocycles. The number of rotatable bonds is 5. The molecule has 0 fully saturated rings. The highest BCUT2D eigenvalue weighted by Crippen LogP contribution is 2.35. The molecular weight excluding hydrogens is 255 g/mol. The molecule has 0 aromatic heterocycles. The lowest BCUT2D eigenvalue weighted by Crippen LogP contribution is -2.23. The Bertz CT molecular complexity index is 561. The summed E-state index contributed by atoms with van der Waals surface area (Å²) in [6, 6.07) is 13.3. The molecule has 0 spiro atoms. The molecule has 0 heterocycles. The first-order valence-electron chi connectivity index (χ1n) is 6.76. The van der Waals surface area contributed by atoms with Gasteiger partial charge in [0.25, 0.3) is 0 Å². The van der Waals surface area contributed by atoms with Crippen molar-refractivity contribution in [2.24, 2.45) is 0 Å². The van der Waals surface area contributed by atoms with Crippen molar-refractivity contribution in [3.8, 4) is 5.75 Å². The highest BCUT2D eigenvalue weighted by atomic mass is 19.1. The standard InChI is InChI=1S/C17H19FO2/c1-3-12-20-16-7-5-4-6-15(16)17(2,19)13-8-10-14(18)11-9-13/h4-11,19H,3,12H2,1-2H3. The highest BCUT2D eigenvalue weighted by Gasteiger charge is 2.28. The van der Waals surface area contributed by atoms with Crippen LogP contribution in [0.25, 0.3) is 0 Å². The van der Waals surface area contributed by atoms with Gasteiger partial charge in [-0.3, -0.25) is 0 Å². The van der Waals surface area contributed by atoms with Crippen molar-refractivity contribution < 1.29 is 14.2 Å². The molecule has 1 N–H and O–H groups in total. The van der Waals surface area contributed by atoms with Crippen LogP contribution in [0.2, 0.25) is 0 Å². The molecule has 2 nitrogen and oxygen atoms in total. The topological polar surface area (TPSA) is 29.5 Å². The van der Waals surface area contributed by atoms with Gasteiger partial charge in [-0.2, -0.15) is 0 Å². The molecule has 20 heavy (non-hydrogen) atoms. The van der Waals surface area contributed by atoms with Gasteiger partial charge in [-0.15, -0.1) is 0 Å².